The molecule has 1 fully saturated rings. The number of carbonyl (C=O) groups excluding carboxylic acids is 1. The molecule has 4 heteroatoms. The first-order valence-corrected chi connectivity index (χ1v) is 5.43. The van der Waals surface area contributed by atoms with Crippen LogP contribution in [0.25, 0.3) is 0 Å². The summed E-state index contributed by atoms with van der Waals surface area (Å²) in [6, 6.07) is 0.426. The van der Waals surface area contributed by atoms with Crippen LogP contribution in [-0.2, 0) is 4.74 Å². The zero-order valence-electron chi connectivity index (χ0n) is 8.98. The van der Waals surface area contributed by atoms with E-state index in [9.17, 15) is 4.79 Å². The first-order chi connectivity index (χ1) is 7.33. The number of hydrogen-bond donors (Lipinski definition) is 0. The maximum atomic E-state index is 11.5. The van der Waals surface area contributed by atoms with Gasteiger partial charge in [0, 0.05) is 6.04 Å². The minimum atomic E-state index is -0.293. The van der Waals surface area contributed by atoms with Crippen molar-refractivity contribution < 1.29 is 9.53 Å². The van der Waals surface area contributed by atoms with Gasteiger partial charge in [-0.1, -0.05) is 19.3 Å². The Morgan fingerprint density at radius 3 is 2.87 bits per heavy atom. The van der Waals surface area contributed by atoms with E-state index in [0.29, 0.717) is 11.7 Å². The Kier molecular flexibility index (Phi) is 3.04. The number of nitrogens with zero attached hydrogens (tertiary/aromatic N) is 2. The van der Waals surface area contributed by atoms with Crippen molar-refractivity contribution in [1.82, 2.24) is 9.55 Å². The van der Waals surface area contributed by atoms with E-state index in [0.717, 1.165) is 12.8 Å². The Hall–Kier alpha value is -1.32. The average Bonchev–Trinajstić information content (AvgIpc) is 2.78. The van der Waals surface area contributed by atoms with Crippen LogP contribution >= 0.6 is 0 Å². The smallest absolute Gasteiger partial charge is 0.356 e. The lowest BCUT2D eigenvalue weighted by atomic mass is 9.95. The lowest BCUT2D eigenvalue weighted by Gasteiger charge is -2.24. The van der Waals surface area contributed by atoms with E-state index in [1.807, 2.05) is 4.57 Å². The zero-order valence-corrected chi connectivity index (χ0v) is 8.98. The minimum absolute atomic E-state index is 0.293. The van der Waals surface area contributed by atoms with E-state index in [2.05, 4.69) is 4.98 Å². The van der Waals surface area contributed by atoms with Crippen molar-refractivity contribution in [3.63, 3.8) is 0 Å². The normalized spacial score (nSPS) is 17.7. The maximum absolute atomic E-state index is 11.5. The first kappa shape index (κ1) is 10.2. The number of hydrogen-bond acceptors (Lipinski definition) is 3. The van der Waals surface area contributed by atoms with Crippen LogP contribution in [0.15, 0.2) is 12.5 Å². The van der Waals surface area contributed by atoms with Crippen molar-refractivity contribution in [3.8, 4) is 0 Å². The largest absolute Gasteiger partial charge is 0.464 e. The van der Waals surface area contributed by atoms with Gasteiger partial charge in [0.05, 0.1) is 19.6 Å². The lowest BCUT2D eigenvalue weighted by molar-refractivity contribution is 0.0584. The Labute approximate surface area is 89.3 Å². The number of esters is 1. The second kappa shape index (κ2) is 4.47. The zero-order chi connectivity index (χ0) is 10.7. The van der Waals surface area contributed by atoms with Gasteiger partial charge in [-0.25, -0.2) is 9.78 Å². The summed E-state index contributed by atoms with van der Waals surface area (Å²) in [7, 11) is 1.40. The number of imidazole rings is 1. The minimum Gasteiger partial charge on any atom is -0.464 e. The van der Waals surface area contributed by atoms with E-state index in [-0.39, 0.29) is 5.97 Å². The maximum Gasteiger partial charge on any atom is 0.356 e. The molecule has 0 spiro atoms. The average molecular weight is 208 g/mol. The third-order valence-electron chi connectivity index (χ3n) is 3.03. The van der Waals surface area contributed by atoms with Gasteiger partial charge in [0.1, 0.15) is 5.69 Å². The summed E-state index contributed by atoms with van der Waals surface area (Å²) < 4.78 is 6.69. The molecule has 0 saturated heterocycles. The van der Waals surface area contributed by atoms with E-state index < -0.39 is 0 Å². The molecule has 1 aromatic rings. The van der Waals surface area contributed by atoms with Crippen molar-refractivity contribution in [3.05, 3.63) is 18.2 Å². The van der Waals surface area contributed by atoms with Gasteiger partial charge in [-0.05, 0) is 12.8 Å². The summed E-state index contributed by atoms with van der Waals surface area (Å²) in [4.78, 5) is 15.5. The van der Waals surface area contributed by atoms with Crippen LogP contribution in [-0.4, -0.2) is 22.6 Å². The van der Waals surface area contributed by atoms with Crippen molar-refractivity contribution in [2.45, 2.75) is 38.1 Å². The molecule has 1 saturated carbocycles. The number of rotatable bonds is 2. The first-order valence-electron chi connectivity index (χ1n) is 5.43. The molecule has 0 bridgehead atoms. The molecule has 0 unspecified atom stereocenters. The third-order valence-corrected chi connectivity index (χ3v) is 3.03. The molecule has 2 rings (SSSR count). The molecular weight excluding hydrogens is 192 g/mol. The van der Waals surface area contributed by atoms with Gasteiger partial charge >= 0.3 is 5.97 Å². The van der Waals surface area contributed by atoms with Gasteiger partial charge in [0.2, 0.25) is 0 Å². The number of aromatic nitrogens is 2. The fraction of sp³-hybridized carbons (Fsp3) is 0.636. The Morgan fingerprint density at radius 2 is 2.20 bits per heavy atom. The molecule has 0 radical (unpaired) electrons. The van der Waals surface area contributed by atoms with E-state index >= 15 is 0 Å². The van der Waals surface area contributed by atoms with E-state index in [1.54, 1.807) is 12.5 Å². The van der Waals surface area contributed by atoms with Crippen LogP contribution in [0.2, 0.25) is 0 Å². The predicted molar refractivity (Wildman–Crippen MR) is 55.7 cm³/mol. The van der Waals surface area contributed by atoms with Gasteiger partial charge in [-0.3, -0.25) is 0 Å². The third kappa shape index (κ3) is 2.03. The molecule has 0 amide bonds. The van der Waals surface area contributed by atoms with Crippen molar-refractivity contribution >= 4 is 5.97 Å². The summed E-state index contributed by atoms with van der Waals surface area (Å²) in [6.45, 7) is 0. The molecule has 0 aromatic carbocycles. The highest BCUT2D eigenvalue weighted by Gasteiger charge is 2.20. The summed E-state index contributed by atoms with van der Waals surface area (Å²) in [5.41, 5.74) is 0.574. The highest BCUT2D eigenvalue weighted by molar-refractivity contribution is 5.87. The Balaban J connectivity index is 2.19. The standard InChI is InChI=1S/C11H16N2O2/c1-15-11(14)10-7-12-8-13(10)9-5-3-2-4-6-9/h7-9H,2-6H2,1H3. The number of ether oxygens (including phenoxy) is 1. The summed E-state index contributed by atoms with van der Waals surface area (Å²) in [6.07, 6.45) is 9.38. The molecule has 1 aliphatic rings. The number of carbonyl (C=O) groups is 1. The Morgan fingerprint density at radius 1 is 1.47 bits per heavy atom. The molecule has 4 nitrogen and oxygen atoms in total. The van der Waals surface area contributed by atoms with Crippen LogP contribution in [0.3, 0.4) is 0 Å². The van der Waals surface area contributed by atoms with Crippen molar-refractivity contribution in [2.75, 3.05) is 7.11 Å². The van der Waals surface area contributed by atoms with Crippen molar-refractivity contribution in [2.24, 2.45) is 0 Å². The van der Waals surface area contributed by atoms with Crippen LogP contribution in [0.1, 0.15) is 48.6 Å². The molecule has 0 atom stereocenters. The van der Waals surface area contributed by atoms with Gasteiger partial charge in [0.25, 0.3) is 0 Å². The molecule has 1 aliphatic carbocycles. The quantitative estimate of drug-likeness (QED) is 0.700. The molecule has 0 N–H and O–H groups in total. The summed E-state index contributed by atoms with van der Waals surface area (Å²) >= 11 is 0. The van der Waals surface area contributed by atoms with Crippen molar-refractivity contribution in [1.29, 1.82) is 0 Å². The van der Waals surface area contributed by atoms with E-state index in [4.69, 9.17) is 4.74 Å². The molecule has 0 aliphatic heterocycles. The molecule has 1 aromatic heterocycles. The van der Waals surface area contributed by atoms with E-state index in [1.165, 1.54) is 26.4 Å². The van der Waals surface area contributed by atoms with Crippen LogP contribution < -0.4 is 0 Å². The highest BCUT2D eigenvalue weighted by atomic mass is 16.5. The predicted octanol–water partition coefficient (Wildman–Crippen LogP) is 2.17. The monoisotopic (exact) mass is 208 g/mol. The summed E-state index contributed by atoms with van der Waals surface area (Å²) in [5, 5.41) is 0. The molecular formula is C11H16N2O2. The molecule has 15 heavy (non-hydrogen) atoms. The number of methoxy groups -OCH3 is 1. The lowest BCUT2D eigenvalue weighted by Crippen LogP contribution is -2.17. The second-order valence-electron chi connectivity index (χ2n) is 3.97. The molecule has 82 valence electrons. The fourth-order valence-corrected chi connectivity index (χ4v) is 2.22. The fourth-order valence-electron chi connectivity index (χ4n) is 2.22. The van der Waals surface area contributed by atoms with Crippen LogP contribution in [0.4, 0.5) is 0 Å². The topological polar surface area (TPSA) is 44.1 Å². The van der Waals surface area contributed by atoms with Gasteiger partial charge in [-0.2, -0.15) is 0 Å². The van der Waals surface area contributed by atoms with Gasteiger partial charge in [0.15, 0.2) is 0 Å². The van der Waals surface area contributed by atoms with Crippen LogP contribution in [0.5, 0.6) is 0 Å². The summed E-state index contributed by atoms with van der Waals surface area (Å²) in [5.74, 6) is -0.293. The Bertz CT molecular complexity index is 340. The van der Waals surface area contributed by atoms with Gasteiger partial charge < -0.3 is 9.30 Å². The highest BCUT2D eigenvalue weighted by Crippen LogP contribution is 2.28. The van der Waals surface area contributed by atoms with Gasteiger partial charge in [-0.15, -0.1) is 0 Å². The SMILES string of the molecule is COC(=O)c1cncn1C1CCCCC1. The molecule has 1 heterocycles. The van der Waals surface area contributed by atoms with Crippen LogP contribution in [0, 0.1) is 0 Å². The second-order valence-corrected chi connectivity index (χ2v) is 3.97.